The van der Waals surface area contributed by atoms with Crippen molar-refractivity contribution >= 4 is 29.1 Å². The largest absolute Gasteiger partial charge is 0.478 e. The predicted molar refractivity (Wildman–Crippen MR) is 129 cm³/mol. The van der Waals surface area contributed by atoms with Gasteiger partial charge in [-0.05, 0) is 59.4 Å². The molecule has 0 spiro atoms. The summed E-state index contributed by atoms with van der Waals surface area (Å²) in [7, 11) is 0. The fourth-order valence-corrected chi connectivity index (χ4v) is 4.36. The molecule has 1 aliphatic rings. The lowest BCUT2D eigenvalue weighted by molar-refractivity contribution is -0.111. The Morgan fingerprint density at radius 2 is 1.67 bits per heavy atom. The number of anilines is 1. The number of hydrogen-bond acceptors (Lipinski definition) is 4. The Bertz CT molecular complexity index is 1140. The number of benzene rings is 2. The molecule has 0 atom stereocenters. The van der Waals surface area contributed by atoms with Gasteiger partial charge in [0, 0.05) is 5.57 Å². The van der Waals surface area contributed by atoms with E-state index in [-0.39, 0.29) is 39.8 Å². The molecule has 6 heteroatoms. The molecular formula is C27H31NO5. The predicted octanol–water partition coefficient (Wildman–Crippen LogP) is 5.56. The Labute approximate surface area is 194 Å². The normalized spacial score (nSPS) is 15.8. The first-order valence-electron chi connectivity index (χ1n) is 11.1. The van der Waals surface area contributed by atoms with Gasteiger partial charge in [-0.3, -0.25) is 4.79 Å². The maximum atomic E-state index is 13.1. The molecule has 3 rings (SSSR count). The van der Waals surface area contributed by atoms with Gasteiger partial charge in [0.15, 0.2) is 0 Å². The summed E-state index contributed by atoms with van der Waals surface area (Å²) in [6, 6.07) is 10.2. The zero-order chi connectivity index (χ0) is 24.6. The number of rotatable bonds is 6. The molecular weight excluding hydrogens is 418 g/mol. The van der Waals surface area contributed by atoms with Crippen molar-refractivity contribution in [3.8, 4) is 0 Å². The summed E-state index contributed by atoms with van der Waals surface area (Å²) >= 11 is 0. The summed E-state index contributed by atoms with van der Waals surface area (Å²) in [5.74, 6) is -2.61. The van der Waals surface area contributed by atoms with Crippen LogP contribution < -0.4 is 5.32 Å². The summed E-state index contributed by atoms with van der Waals surface area (Å²) in [6.07, 6.45) is 2.13. The number of esters is 1. The molecule has 2 aromatic rings. The van der Waals surface area contributed by atoms with Gasteiger partial charge in [0.1, 0.15) is 0 Å². The summed E-state index contributed by atoms with van der Waals surface area (Å²) in [6.45, 7) is 14.6. The van der Waals surface area contributed by atoms with Crippen LogP contribution in [0, 0.1) is 0 Å². The van der Waals surface area contributed by atoms with Crippen LogP contribution in [-0.4, -0.2) is 29.6 Å². The molecule has 0 unspecified atom stereocenters. The second-order valence-electron chi connectivity index (χ2n) is 9.71. The minimum atomic E-state index is -1.28. The highest BCUT2D eigenvalue weighted by atomic mass is 16.5. The highest BCUT2D eigenvalue weighted by Crippen LogP contribution is 2.46. The van der Waals surface area contributed by atoms with E-state index in [0.29, 0.717) is 5.56 Å². The number of ether oxygens (including phenoxy) is 1. The first-order valence-corrected chi connectivity index (χ1v) is 11.1. The minimum Gasteiger partial charge on any atom is -0.478 e. The summed E-state index contributed by atoms with van der Waals surface area (Å²) in [5, 5.41) is 12.2. The van der Waals surface area contributed by atoms with Gasteiger partial charge in [0.25, 0.3) is 5.91 Å². The van der Waals surface area contributed by atoms with Crippen LogP contribution in [0.2, 0.25) is 0 Å². The SMILES string of the molecule is C=C(C(=O)Nc1cccc(C(=O)O)c1C(=O)OCC)c1ccc2c(c1)C(C)(C)CCC2(C)C. The van der Waals surface area contributed by atoms with Crippen molar-refractivity contribution in [1.82, 2.24) is 0 Å². The third-order valence-electron chi connectivity index (χ3n) is 6.50. The van der Waals surface area contributed by atoms with Crippen molar-refractivity contribution in [3.63, 3.8) is 0 Å². The van der Waals surface area contributed by atoms with Gasteiger partial charge in [-0.15, -0.1) is 0 Å². The molecule has 174 valence electrons. The van der Waals surface area contributed by atoms with Crippen LogP contribution in [-0.2, 0) is 20.4 Å². The quantitative estimate of drug-likeness (QED) is 0.445. The van der Waals surface area contributed by atoms with Gasteiger partial charge in [-0.2, -0.15) is 0 Å². The lowest BCUT2D eigenvalue weighted by atomic mass is 9.63. The van der Waals surface area contributed by atoms with E-state index in [0.717, 1.165) is 12.8 Å². The standard InChI is InChI=1S/C27H31NO5/c1-7-33-25(32)22-18(24(30)31)9-8-10-21(22)28-23(29)16(2)17-11-12-19-20(15-17)27(5,6)14-13-26(19,3)4/h8-12,15H,2,7,13-14H2,1,3-6H3,(H,28,29)(H,30,31). The number of aromatic carboxylic acids is 1. The van der Waals surface area contributed by atoms with Crippen molar-refractivity contribution in [3.05, 3.63) is 70.8 Å². The lowest BCUT2D eigenvalue weighted by Crippen LogP contribution is -2.34. The third-order valence-corrected chi connectivity index (χ3v) is 6.50. The van der Waals surface area contributed by atoms with Crippen LogP contribution in [0.4, 0.5) is 5.69 Å². The monoisotopic (exact) mass is 449 g/mol. The molecule has 2 N–H and O–H groups in total. The number of nitrogens with one attached hydrogen (secondary N) is 1. The highest BCUT2D eigenvalue weighted by Gasteiger charge is 2.37. The summed E-state index contributed by atoms with van der Waals surface area (Å²) in [4.78, 5) is 37.2. The molecule has 2 aromatic carbocycles. The van der Waals surface area contributed by atoms with E-state index in [1.165, 1.54) is 29.3 Å². The Kier molecular flexibility index (Phi) is 6.50. The Morgan fingerprint density at radius 3 is 2.27 bits per heavy atom. The van der Waals surface area contributed by atoms with Gasteiger partial charge in [-0.25, -0.2) is 9.59 Å². The number of amides is 1. The van der Waals surface area contributed by atoms with Crippen LogP contribution in [0.3, 0.4) is 0 Å². The van der Waals surface area contributed by atoms with E-state index in [1.807, 2.05) is 12.1 Å². The lowest BCUT2D eigenvalue weighted by Gasteiger charge is -2.42. The zero-order valence-corrected chi connectivity index (χ0v) is 19.9. The molecule has 0 aliphatic heterocycles. The number of fused-ring (bicyclic) bond motifs is 1. The molecule has 1 amide bonds. The van der Waals surface area contributed by atoms with Gasteiger partial charge >= 0.3 is 11.9 Å². The minimum absolute atomic E-state index is 0.0233. The molecule has 0 heterocycles. The molecule has 0 radical (unpaired) electrons. The molecule has 0 aromatic heterocycles. The topological polar surface area (TPSA) is 92.7 Å². The summed E-state index contributed by atoms with van der Waals surface area (Å²) < 4.78 is 5.01. The van der Waals surface area contributed by atoms with E-state index in [4.69, 9.17) is 4.74 Å². The maximum absolute atomic E-state index is 13.1. The number of carbonyl (C=O) groups is 3. The van der Waals surface area contributed by atoms with Crippen molar-refractivity contribution in [2.75, 3.05) is 11.9 Å². The zero-order valence-electron chi connectivity index (χ0n) is 19.9. The van der Waals surface area contributed by atoms with E-state index < -0.39 is 17.8 Å². The van der Waals surface area contributed by atoms with Crippen LogP contribution in [0.5, 0.6) is 0 Å². The highest BCUT2D eigenvalue weighted by molar-refractivity contribution is 6.25. The van der Waals surface area contributed by atoms with Crippen molar-refractivity contribution < 1.29 is 24.2 Å². The Hall–Kier alpha value is -3.41. The smallest absolute Gasteiger partial charge is 0.341 e. The Balaban J connectivity index is 1.96. The van der Waals surface area contributed by atoms with Crippen molar-refractivity contribution in [2.45, 2.75) is 58.3 Å². The second kappa shape index (κ2) is 8.85. The number of carboxylic acids is 1. The second-order valence-corrected chi connectivity index (χ2v) is 9.71. The van der Waals surface area contributed by atoms with Crippen molar-refractivity contribution in [1.29, 1.82) is 0 Å². The number of hydrogen-bond donors (Lipinski definition) is 2. The first kappa shape index (κ1) is 24.2. The summed E-state index contributed by atoms with van der Waals surface area (Å²) in [5.41, 5.74) is 3.05. The molecule has 6 nitrogen and oxygen atoms in total. The van der Waals surface area contributed by atoms with Crippen LogP contribution in [0.1, 0.15) is 84.9 Å². The fourth-order valence-electron chi connectivity index (χ4n) is 4.36. The molecule has 33 heavy (non-hydrogen) atoms. The van der Waals surface area contributed by atoms with E-state index in [1.54, 1.807) is 6.92 Å². The van der Waals surface area contributed by atoms with E-state index in [9.17, 15) is 19.5 Å². The molecule has 0 saturated heterocycles. The molecule has 0 bridgehead atoms. The average Bonchev–Trinajstić information content (AvgIpc) is 2.76. The van der Waals surface area contributed by atoms with Crippen LogP contribution in [0.15, 0.2) is 43.0 Å². The van der Waals surface area contributed by atoms with Crippen LogP contribution >= 0.6 is 0 Å². The first-order chi connectivity index (χ1) is 15.4. The van der Waals surface area contributed by atoms with Crippen molar-refractivity contribution in [2.24, 2.45) is 0 Å². The maximum Gasteiger partial charge on any atom is 0.341 e. The molecule has 0 fully saturated rings. The van der Waals surface area contributed by atoms with E-state index >= 15 is 0 Å². The average molecular weight is 450 g/mol. The third kappa shape index (κ3) is 4.70. The molecule has 1 aliphatic carbocycles. The van der Waals surface area contributed by atoms with Gasteiger partial charge < -0.3 is 15.2 Å². The molecule has 0 saturated carbocycles. The van der Waals surface area contributed by atoms with Gasteiger partial charge in [0.05, 0.1) is 23.4 Å². The Morgan fingerprint density at radius 1 is 1.03 bits per heavy atom. The fraction of sp³-hybridized carbons (Fsp3) is 0.370. The van der Waals surface area contributed by atoms with E-state index in [2.05, 4.69) is 45.7 Å². The number of carboxylic acid groups (broad SMARTS) is 1. The van der Waals surface area contributed by atoms with Gasteiger partial charge in [0.2, 0.25) is 0 Å². The van der Waals surface area contributed by atoms with Gasteiger partial charge in [-0.1, -0.05) is 58.5 Å². The van der Waals surface area contributed by atoms with Crippen LogP contribution in [0.25, 0.3) is 5.57 Å². The number of carbonyl (C=O) groups excluding carboxylic acids is 2.